The zero-order valence-corrected chi connectivity index (χ0v) is 13.3. The number of hydrogen-bond donors (Lipinski definition) is 2. The van der Waals surface area contributed by atoms with Crippen molar-refractivity contribution in [3.05, 3.63) is 35.4 Å². The van der Waals surface area contributed by atoms with Crippen molar-refractivity contribution >= 4 is 5.96 Å². The molecule has 2 N–H and O–H groups in total. The number of rotatable bonds is 9. The van der Waals surface area contributed by atoms with E-state index in [1.807, 2.05) is 12.1 Å². The Labute approximate surface area is 127 Å². The average Bonchev–Trinajstić information content (AvgIpc) is 2.49. The number of hydrogen-bond acceptors (Lipinski definition) is 3. The van der Waals surface area contributed by atoms with E-state index >= 15 is 0 Å². The van der Waals surface area contributed by atoms with Gasteiger partial charge in [0, 0.05) is 20.2 Å². The quantitative estimate of drug-likeness (QED) is 0.413. The van der Waals surface area contributed by atoms with Crippen molar-refractivity contribution in [2.75, 3.05) is 40.0 Å². The van der Waals surface area contributed by atoms with Gasteiger partial charge in [-0.3, -0.25) is 0 Å². The summed E-state index contributed by atoms with van der Waals surface area (Å²) in [6.45, 7) is 8.28. The van der Waals surface area contributed by atoms with Crippen LogP contribution in [0.3, 0.4) is 0 Å². The number of nitrogens with one attached hydrogen (secondary N) is 2. The standard InChI is InChI=1S/C16H27N3O2/c1-4-17-16(18-9-10-21-12-11-20-3)19-13-15-8-6-5-7-14(15)2/h5-8H,4,9-13H2,1-3H3,(H2,17,18,19). The molecule has 0 aliphatic rings. The number of benzene rings is 1. The van der Waals surface area contributed by atoms with E-state index in [1.54, 1.807) is 7.11 Å². The van der Waals surface area contributed by atoms with E-state index in [0.29, 0.717) is 26.4 Å². The molecule has 5 heteroatoms. The maximum absolute atomic E-state index is 5.41. The first-order chi connectivity index (χ1) is 10.3. The van der Waals surface area contributed by atoms with Crippen LogP contribution in [0.15, 0.2) is 29.3 Å². The zero-order chi connectivity index (χ0) is 15.3. The highest BCUT2D eigenvalue weighted by molar-refractivity contribution is 5.79. The highest BCUT2D eigenvalue weighted by Crippen LogP contribution is 2.07. The van der Waals surface area contributed by atoms with Crippen LogP contribution in [0.5, 0.6) is 0 Å². The third-order valence-electron chi connectivity index (χ3n) is 2.98. The summed E-state index contributed by atoms with van der Waals surface area (Å²) in [5, 5.41) is 6.49. The molecule has 0 saturated carbocycles. The van der Waals surface area contributed by atoms with E-state index in [2.05, 4.69) is 41.6 Å². The van der Waals surface area contributed by atoms with E-state index in [0.717, 1.165) is 19.0 Å². The van der Waals surface area contributed by atoms with Gasteiger partial charge in [-0.2, -0.15) is 0 Å². The van der Waals surface area contributed by atoms with Crippen LogP contribution in [0, 0.1) is 6.92 Å². The van der Waals surface area contributed by atoms with Crippen molar-refractivity contribution in [3.8, 4) is 0 Å². The first-order valence-corrected chi connectivity index (χ1v) is 7.41. The van der Waals surface area contributed by atoms with Gasteiger partial charge >= 0.3 is 0 Å². The molecular formula is C16H27N3O2. The Morgan fingerprint density at radius 2 is 1.95 bits per heavy atom. The van der Waals surface area contributed by atoms with Crippen molar-refractivity contribution < 1.29 is 9.47 Å². The molecule has 0 amide bonds. The van der Waals surface area contributed by atoms with Crippen molar-refractivity contribution in [3.63, 3.8) is 0 Å². The van der Waals surface area contributed by atoms with Crippen LogP contribution in [0.25, 0.3) is 0 Å². The average molecular weight is 293 g/mol. The fourth-order valence-electron chi connectivity index (χ4n) is 1.78. The smallest absolute Gasteiger partial charge is 0.191 e. The molecule has 0 atom stereocenters. The predicted octanol–water partition coefficient (Wildman–Crippen LogP) is 1.71. The summed E-state index contributed by atoms with van der Waals surface area (Å²) >= 11 is 0. The third kappa shape index (κ3) is 7.68. The second-order valence-corrected chi connectivity index (χ2v) is 4.65. The van der Waals surface area contributed by atoms with Crippen molar-refractivity contribution in [1.82, 2.24) is 10.6 Å². The number of ether oxygens (including phenoxy) is 2. The third-order valence-corrected chi connectivity index (χ3v) is 2.98. The zero-order valence-electron chi connectivity index (χ0n) is 13.3. The molecule has 0 aromatic heterocycles. The molecule has 0 radical (unpaired) electrons. The Morgan fingerprint density at radius 1 is 1.14 bits per heavy atom. The van der Waals surface area contributed by atoms with Crippen molar-refractivity contribution in [2.45, 2.75) is 20.4 Å². The second-order valence-electron chi connectivity index (χ2n) is 4.65. The van der Waals surface area contributed by atoms with E-state index in [-0.39, 0.29) is 0 Å². The predicted molar refractivity (Wildman–Crippen MR) is 86.7 cm³/mol. The van der Waals surface area contributed by atoms with Crippen LogP contribution in [0.2, 0.25) is 0 Å². The minimum atomic E-state index is 0.620. The van der Waals surface area contributed by atoms with Gasteiger partial charge in [0.1, 0.15) is 0 Å². The first kappa shape index (κ1) is 17.5. The van der Waals surface area contributed by atoms with Crippen LogP contribution in [0.1, 0.15) is 18.1 Å². The molecule has 1 aromatic rings. The summed E-state index contributed by atoms with van der Waals surface area (Å²) in [5.74, 6) is 0.816. The van der Waals surface area contributed by atoms with Gasteiger partial charge in [0.15, 0.2) is 5.96 Å². The number of methoxy groups -OCH3 is 1. The van der Waals surface area contributed by atoms with E-state index < -0.39 is 0 Å². The molecule has 0 spiro atoms. The molecule has 0 heterocycles. The Hall–Kier alpha value is -1.59. The van der Waals surface area contributed by atoms with Crippen LogP contribution in [-0.2, 0) is 16.0 Å². The number of aliphatic imine (C=N–C) groups is 1. The van der Waals surface area contributed by atoms with Crippen molar-refractivity contribution in [2.24, 2.45) is 4.99 Å². The molecule has 0 aliphatic heterocycles. The largest absolute Gasteiger partial charge is 0.382 e. The Bertz CT molecular complexity index is 422. The lowest BCUT2D eigenvalue weighted by atomic mass is 10.1. The van der Waals surface area contributed by atoms with Crippen LogP contribution in [0.4, 0.5) is 0 Å². The van der Waals surface area contributed by atoms with Gasteiger partial charge in [0.05, 0.1) is 26.4 Å². The molecule has 0 saturated heterocycles. The normalized spacial score (nSPS) is 11.5. The summed E-state index contributed by atoms with van der Waals surface area (Å²) in [5.41, 5.74) is 2.51. The van der Waals surface area contributed by atoms with E-state index in [9.17, 15) is 0 Å². The fraction of sp³-hybridized carbons (Fsp3) is 0.562. The monoisotopic (exact) mass is 293 g/mol. The lowest BCUT2D eigenvalue weighted by molar-refractivity contribution is 0.0733. The lowest BCUT2D eigenvalue weighted by Gasteiger charge is -2.12. The molecule has 118 valence electrons. The van der Waals surface area contributed by atoms with Crippen LogP contribution < -0.4 is 10.6 Å². The maximum atomic E-state index is 5.41. The van der Waals surface area contributed by atoms with Gasteiger partial charge in [-0.15, -0.1) is 0 Å². The summed E-state index contributed by atoms with van der Waals surface area (Å²) < 4.78 is 10.3. The molecule has 21 heavy (non-hydrogen) atoms. The molecule has 0 aliphatic carbocycles. The first-order valence-electron chi connectivity index (χ1n) is 7.41. The summed E-state index contributed by atoms with van der Waals surface area (Å²) in [7, 11) is 1.67. The van der Waals surface area contributed by atoms with Crippen LogP contribution >= 0.6 is 0 Å². The lowest BCUT2D eigenvalue weighted by Crippen LogP contribution is -2.39. The molecule has 0 bridgehead atoms. The number of nitrogens with zero attached hydrogens (tertiary/aromatic N) is 1. The minimum Gasteiger partial charge on any atom is -0.382 e. The number of guanidine groups is 1. The maximum Gasteiger partial charge on any atom is 0.191 e. The van der Waals surface area contributed by atoms with Gasteiger partial charge < -0.3 is 20.1 Å². The Morgan fingerprint density at radius 3 is 2.67 bits per heavy atom. The van der Waals surface area contributed by atoms with Gasteiger partial charge in [-0.1, -0.05) is 24.3 Å². The summed E-state index contributed by atoms with van der Waals surface area (Å²) in [4.78, 5) is 4.59. The highest BCUT2D eigenvalue weighted by atomic mass is 16.5. The highest BCUT2D eigenvalue weighted by Gasteiger charge is 1.99. The molecule has 1 rings (SSSR count). The topological polar surface area (TPSA) is 54.9 Å². The van der Waals surface area contributed by atoms with Gasteiger partial charge in [-0.05, 0) is 25.0 Å². The van der Waals surface area contributed by atoms with Gasteiger partial charge in [-0.25, -0.2) is 4.99 Å². The van der Waals surface area contributed by atoms with Crippen molar-refractivity contribution in [1.29, 1.82) is 0 Å². The second kappa shape index (κ2) is 11.1. The molecule has 0 unspecified atom stereocenters. The Kier molecular flexibility index (Phi) is 9.24. The SMILES string of the molecule is CCNC(=NCc1ccccc1C)NCCOCCOC. The molecule has 5 nitrogen and oxygen atoms in total. The van der Waals surface area contributed by atoms with E-state index in [4.69, 9.17) is 9.47 Å². The van der Waals surface area contributed by atoms with Gasteiger partial charge in [0.2, 0.25) is 0 Å². The number of aryl methyl sites for hydroxylation is 1. The Balaban J connectivity index is 2.38. The summed E-state index contributed by atoms with van der Waals surface area (Å²) in [6.07, 6.45) is 0. The van der Waals surface area contributed by atoms with Gasteiger partial charge in [0.25, 0.3) is 0 Å². The van der Waals surface area contributed by atoms with E-state index in [1.165, 1.54) is 11.1 Å². The minimum absolute atomic E-state index is 0.620. The molecule has 1 aromatic carbocycles. The summed E-state index contributed by atoms with van der Waals surface area (Å²) in [6, 6.07) is 8.30. The molecule has 0 fully saturated rings. The molecular weight excluding hydrogens is 266 g/mol. The fourth-order valence-corrected chi connectivity index (χ4v) is 1.78. The van der Waals surface area contributed by atoms with Crippen LogP contribution in [-0.4, -0.2) is 46.0 Å².